The Morgan fingerprint density at radius 3 is 2.19 bits per heavy atom. The van der Waals surface area contributed by atoms with Gasteiger partial charge in [-0.2, -0.15) is 0 Å². The first-order valence-corrected chi connectivity index (χ1v) is 9.45. The number of aryl methyl sites for hydroxylation is 2. The van der Waals surface area contributed by atoms with E-state index in [2.05, 4.69) is 65.4 Å². The Labute approximate surface area is 156 Å². The van der Waals surface area contributed by atoms with Crippen molar-refractivity contribution < 1.29 is 4.79 Å². The normalized spacial score (nSPS) is 15.8. The summed E-state index contributed by atoms with van der Waals surface area (Å²) in [7, 11) is 0. The van der Waals surface area contributed by atoms with Crippen LogP contribution < -0.4 is 5.32 Å². The van der Waals surface area contributed by atoms with E-state index >= 15 is 0 Å². The lowest BCUT2D eigenvalue weighted by atomic mass is 10.1. The highest BCUT2D eigenvalue weighted by molar-refractivity contribution is 5.91. The number of amides is 1. The van der Waals surface area contributed by atoms with Gasteiger partial charge in [0.15, 0.2) is 0 Å². The number of hydrogen-bond acceptors (Lipinski definition) is 3. The molecule has 0 saturated carbocycles. The quantitative estimate of drug-likeness (QED) is 0.866. The number of nitrogens with zero attached hydrogens (tertiary/aromatic N) is 2. The fourth-order valence-corrected chi connectivity index (χ4v) is 3.54. The largest absolute Gasteiger partial charge is 0.326 e. The summed E-state index contributed by atoms with van der Waals surface area (Å²) in [5, 5.41) is 3.03. The molecule has 1 aliphatic heterocycles. The Bertz CT molecular complexity index is 701. The molecule has 0 radical (unpaired) electrons. The predicted octanol–water partition coefficient (Wildman–Crippen LogP) is 3.45. The molecule has 2 aromatic carbocycles. The molecule has 3 rings (SSSR count). The van der Waals surface area contributed by atoms with Gasteiger partial charge < -0.3 is 10.2 Å². The van der Waals surface area contributed by atoms with Crippen LogP contribution in [0.25, 0.3) is 0 Å². The molecule has 1 aliphatic rings. The zero-order chi connectivity index (χ0) is 18.4. The Hall–Kier alpha value is -2.17. The zero-order valence-electron chi connectivity index (χ0n) is 15.9. The molecule has 26 heavy (non-hydrogen) atoms. The van der Waals surface area contributed by atoms with Crippen molar-refractivity contribution in [3.63, 3.8) is 0 Å². The Kier molecular flexibility index (Phi) is 6.42. The van der Waals surface area contributed by atoms with Gasteiger partial charge in [-0.15, -0.1) is 0 Å². The van der Waals surface area contributed by atoms with Gasteiger partial charge in [-0.1, -0.05) is 36.4 Å². The molecule has 1 saturated heterocycles. The van der Waals surface area contributed by atoms with Crippen LogP contribution in [-0.2, 0) is 11.3 Å². The number of benzene rings is 2. The predicted molar refractivity (Wildman–Crippen MR) is 107 cm³/mol. The van der Waals surface area contributed by atoms with Gasteiger partial charge in [0.25, 0.3) is 0 Å². The number of rotatable bonds is 6. The van der Waals surface area contributed by atoms with Crippen LogP contribution in [0.3, 0.4) is 0 Å². The highest BCUT2D eigenvalue weighted by atomic mass is 16.1. The molecular weight excluding hydrogens is 322 g/mol. The molecule has 1 N–H and O–H groups in total. The Balaban J connectivity index is 1.38. The lowest BCUT2D eigenvalue weighted by molar-refractivity contribution is -0.116. The molecule has 4 nitrogen and oxygen atoms in total. The van der Waals surface area contributed by atoms with E-state index in [9.17, 15) is 4.79 Å². The van der Waals surface area contributed by atoms with Crippen LogP contribution in [-0.4, -0.2) is 48.4 Å². The van der Waals surface area contributed by atoms with Crippen molar-refractivity contribution >= 4 is 11.6 Å². The maximum absolute atomic E-state index is 12.2. The minimum atomic E-state index is 0.0988. The molecule has 138 valence electrons. The van der Waals surface area contributed by atoms with Crippen LogP contribution in [0.5, 0.6) is 0 Å². The monoisotopic (exact) mass is 351 g/mol. The SMILES string of the molecule is Cc1cc(C)cc(NC(=O)CCN2CCN(Cc3ccccc3)CC2)c1. The van der Waals surface area contributed by atoms with E-state index in [-0.39, 0.29) is 5.91 Å². The van der Waals surface area contributed by atoms with Crippen LogP contribution in [0.4, 0.5) is 5.69 Å². The smallest absolute Gasteiger partial charge is 0.225 e. The summed E-state index contributed by atoms with van der Waals surface area (Å²) in [5.41, 5.74) is 4.62. The number of carbonyl (C=O) groups is 1. The Morgan fingerprint density at radius 1 is 0.923 bits per heavy atom. The summed E-state index contributed by atoms with van der Waals surface area (Å²) in [4.78, 5) is 17.1. The van der Waals surface area contributed by atoms with Crippen molar-refractivity contribution in [2.24, 2.45) is 0 Å². The number of carbonyl (C=O) groups excluding carboxylic acids is 1. The van der Waals surface area contributed by atoms with Crippen LogP contribution >= 0.6 is 0 Å². The molecule has 0 spiro atoms. The minimum Gasteiger partial charge on any atom is -0.326 e. The number of hydrogen-bond donors (Lipinski definition) is 1. The second-order valence-electron chi connectivity index (χ2n) is 7.28. The van der Waals surface area contributed by atoms with Crippen LogP contribution in [0.1, 0.15) is 23.1 Å². The summed E-state index contributed by atoms with van der Waals surface area (Å²) in [6, 6.07) is 16.8. The first kappa shape index (κ1) is 18.6. The topological polar surface area (TPSA) is 35.6 Å². The summed E-state index contributed by atoms with van der Waals surface area (Å²) in [6.07, 6.45) is 0.547. The summed E-state index contributed by atoms with van der Waals surface area (Å²) in [5.74, 6) is 0.0988. The van der Waals surface area contributed by atoms with E-state index in [0.717, 1.165) is 45.0 Å². The first-order valence-electron chi connectivity index (χ1n) is 9.45. The van der Waals surface area contributed by atoms with Crippen LogP contribution in [0, 0.1) is 13.8 Å². The molecule has 0 atom stereocenters. The van der Waals surface area contributed by atoms with Gasteiger partial charge in [-0.25, -0.2) is 0 Å². The number of nitrogens with one attached hydrogen (secondary N) is 1. The van der Waals surface area contributed by atoms with Crippen molar-refractivity contribution in [3.05, 3.63) is 65.2 Å². The fraction of sp³-hybridized carbons (Fsp3) is 0.409. The second kappa shape index (κ2) is 8.97. The maximum atomic E-state index is 12.2. The van der Waals surface area contributed by atoms with E-state index in [1.165, 1.54) is 16.7 Å². The van der Waals surface area contributed by atoms with Gasteiger partial charge in [-0.3, -0.25) is 9.69 Å². The van der Waals surface area contributed by atoms with Crippen LogP contribution in [0.2, 0.25) is 0 Å². The molecule has 1 fully saturated rings. The molecule has 4 heteroatoms. The van der Waals surface area contributed by atoms with Gasteiger partial charge in [0.05, 0.1) is 0 Å². The first-order chi connectivity index (χ1) is 12.6. The van der Waals surface area contributed by atoms with Gasteiger partial charge in [0, 0.05) is 51.4 Å². The molecule has 0 aliphatic carbocycles. The van der Waals surface area contributed by atoms with Crippen molar-refractivity contribution in [1.82, 2.24) is 9.80 Å². The average Bonchev–Trinajstić information content (AvgIpc) is 2.61. The second-order valence-corrected chi connectivity index (χ2v) is 7.28. The average molecular weight is 351 g/mol. The van der Waals surface area contributed by atoms with Gasteiger partial charge >= 0.3 is 0 Å². The third kappa shape index (κ3) is 5.68. The van der Waals surface area contributed by atoms with Gasteiger partial charge in [-0.05, 0) is 42.7 Å². The standard InChI is InChI=1S/C22H29N3O/c1-18-14-19(2)16-21(15-18)23-22(26)8-9-24-10-12-25(13-11-24)17-20-6-4-3-5-7-20/h3-7,14-16H,8-13,17H2,1-2H3,(H,23,26). The molecular formula is C22H29N3O. The molecule has 0 bridgehead atoms. The van der Waals surface area contributed by atoms with Gasteiger partial charge in [0.1, 0.15) is 0 Å². The van der Waals surface area contributed by atoms with E-state index in [1.807, 2.05) is 12.1 Å². The van der Waals surface area contributed by atoms with Gasteiger partial charge in [0.2, 0.25) is 5.91 Å². The van der Waals surface area contributed by atoms with E-state index < -0.39 is 0 Å². The maximum Gasteiger partial charge on any atom is 0.225 e. The van der Waals surface area contributed by atoms with E-state index in [0.29, 0.717) is 6.42 Å². The minimum absolute atomic E-state index is 0.0988. The number of piperazine rings is 1. The molecule has 0 unspecified atom stereocenters. The van der Waals surface area contributed by atoms with Crippen molar-refractivity contribution in [2.45, 2.75) is 26.8 Å². The lowest BCUT2D eigenvalue weighted by Crippen LogP contribution is -2.46. The lowest BCUT2D eigenvalue weighted by Gasteiger charge is -2.34. The third-order valence-corrected chi connectivity index (χ3v) is 4.87. The third-order valence-electron chi connectivity index (χ3n) is 4.87. The molecule has 2 aromatic rings. The number of anilines is 1. The highest BCUT2D eigenvalue weighted by Crippen LogP contribution is 2.14. The summed E-state index contributed by atoms with van der Waals surface area (Å²) >= 11 is 0. The highest BCUT2D eigenvalue weighted by Gasteiger charge is 2.17. The van der Waals surface area contributed by atoms with Crippen molar-refractivity contribution in [1.29, 1.82) is 0 Å². The molecule has 0 aromatic heterocycles. The van der Waals surface area contributed by atoms with Crippen LogP contribution in [0.15, 0.2) is 48.5 Å². The summed E-state index contributed by atoms with van der Waals surface area (Å²) in [6.45, 7) is 10.1. The Morgan fingerprint density at radius 2 is 1.54 bits per heavy atom. The zero-order valence-corrected chi connectivity index (χ0v) is 15.9. The summed E-state index contributed by atoms with van der Waals surface area (Å²) < 4.78 is 0. The van der Waals surface area contributed by atoms with Crippen molar-refractivity contribution in [3.8, 4) is 0 Å². The molecule has 1 heterocycles. The van der Waals surface area contributed by atoms with E-state index in [1.54, 1.807) is 0 Å². The molecule has 1 amide bonds. The van der Waals surface area contributed by atoms with E-state index in [4.69, 9.17) is 0 Å². The van der Waals surface area contributed by atoms with Crippen molar-refractivity contribution in [2.75, 3.05) is 38.0 Å². The fourth-order valence-electron chi connectivity index (χ4n) is 3.54.